The van der Waals surface area contributed by atoms with E-state index in [9.17, 15) is 4.79 Å². The number of nitrogens with one attached hydrogen (secondary N) is 1. The minimum absolute atomic E-state index is 0.269. The van der Waals surface area contributed by atoms with Gasteiger partial charge in [-0.25, -0.2) is 4.79 Å². The highest BCUT2D eigenvalue weighted by Crippen LogP contribution is 2.24. The predicted molar refractivity (Wildman–Crippen MR) is 52.0 cm³/mol. The zero-order chi connectivity index (χ0) is 8.55. The smallest absolute Gasteiger partial charge is 0.297 e. The van der Waals surface area contributed by atoms with Gasteiger partial charge in [-0.3, -0.25) is 4.98 Å². The number of aromatic nitrogens is 2. The molecule has 0 saturated heterocycles. The molecule has 0 amide bonds. The lowest BCUT2D eigenvalue weighted by Crippen LogP contribution is -2.09. The summed E-state index contributed by atoms with van der Waals surface area (Å²) >= 11 is 3.01. The largest absolute Gasteiger partial charge is 0.347 e. The highest BCUT2D eigenvalue weighted by Gasteiger charge is 2.03. The first-order valence-electron chi connectivity index (χ1n) is 3.33. The minimum Gasteiger partial charge on any atom is -0.297 e. The summed E-state index contributed by atoms with van der Waals surface area (Å²) in [6, 6.07) is 1.97. The molecule has 2 aromatic rings. The van der Waals surface area contributed by atoms with Crippen molar-refractivity contribution in [2.24, 2.45) is 0 Å². The molecule has 0 fully saturated rings. The van der Waals surface area contributed by atoms with Crippen molar-refractivity contribution in [3.05, 3.63) is 21.9 Å². The molecule has 0 atom stereocenters. The van der Waals surface area contributed by atoms with E-state index in [0.29, 0.717) is 0 Å². The number of thiophene rings is 1. The molecule has 0 bridgehead atoms. The van der Waals surface area contributed by atoms with E-state index in [1.807, 2.05) is 17.7 Å². The minimum atomic E-state index is -0.269. The first kappa shape index (κ1) is 7.82. The summed E-state index contributed by atoms with van der Waals surface area (Å²) in [6.07, 6.45) is 1.92. The molecule has 0 aliphatic rings. The van der Waals surface area contributed by atoms with Crippen molar-refractivity contribution in [3.8, 4) is 0 Å². The van der Waals surface area contributed by atoms with E-state index >= 15 is 0 Å². The quantitative estimate of drug-likeness (QED) is 0.560. The summed E-state index contributed by atoms with van der Waals surface area (Å²) < 4.78 is 0. The lowest BCUT2D eigenvalue weighted by atomic mass is 10.4. The van der Waals surface area contributed by atoms with Gasteiger partial charge < -0.3 is 0 Å². The van der Waals surface area contributed by atoms with Gasteiger partial charge in [-0.2, -0.15) is 4.98 Å². The SMILES string of the molecule is CSc1nc(=O)[nH]c2sccc12. The number of thioether (sulfide) groups is 1. The summed E-state index contributed by atoms with van der Waals surface area (Å²) in [5, 5.41) is 3.78. The Bertz CT molecular complexity index is 460. The summed E-state index contributed by atoms with van der Waals surface area (Å²) in [5.74, 6) is 0. The molecule has 2 rings (SSSR count). The van der Waals surface area contributed by atoms with Crippen molar-refractivity contribution in [1.29, 1.82) is 0 Å². The molecule has 5 heteroatoms. The zero-order valence-corrected chi connectivity index (χ0v) is 7.96. The van der Waals surface area contributed by atoms with E-state index in [1.165, 1.54) is 23.1 Å². The summed E-state index contributed by atoms with van der Waals surface area (Å²) in [6.45, 7) is 0. The predicted octanol–water partition coefficient (Wildman–Crippen LogP) is 1.71. The van der Waals surface area contributed by atoms with Gasteiger partial charge in [0.15, 0.2) is 0 Å². The second-order valence-corrected chi connectivity index (χ2v) is 3.93. The molecule has 0 aromatic carbocycles. The van der Waals surface area contributed by atoms with Crippen LogP contribution in [0, 0.1) is 0 Å². The van der Waals surface area contributed by atoms with Crippen molar-refractivity contribution in [2.75, 3.05) is 6.26 Å². The van der Waals surface area contributed by atoms with Crippen molar-refractivity contribution in [2.45, 2.75) is 5.03 Å². The Morgan fingerprint density at radius 2 is 2.50 bits per heavy atom. The van der Waals surface area contributed by atoms with Gasteiger partial charge in [-0.15, -0.1) is 23.1 Å². The normalized spacial score (nSPS) is 10.8. The molecule has 0 aliphatic heterocycles. The molecule has 2 aromatic heterocycles. The van der Waals surface area contributed by atoms with Crippen LogP contribution in [-0.4, -0.2) is 16.2 Å². The van der Waals surface area contributed by atoms with E-state index in [-0.39, 0.29) is 5.69 Å². The van der Waals surface area contributed by atoms with Crippen LogP contribution in [0.2, 0.25) is 0 Å². The van der Waals surface area contributed by atoms with Crippen molar-refractivity contribution < 1.29 is 0 Å². The fraction of sp³-hybridized carbons (Fsp3) is 0.143. The maximum atomic E-state index is 11.0. The molecule has 0 unspecified atom stereocenters. The van der Waals surface area contributed by atoms with Crippen LogP contribution in [0.5, 0.6) is 0 Å². The molecule has 3 nitrogen and oxygen atoms in total. The number of H-pyrrole nitrogens is 1. The second kappa shape index (κ2) is 2.91. The van der Waals surface area contributed by atoms with Crippen molar-refractivity contribution >= 4 is 33.3 Å². The van der Waals surface area contributed by atoms with Gasteiger partial charge in [0.1, 0.15) is 9.86 Å². The molecule has 2 heterocycles. The molecule has 0 aliphatic carbocycles. The van der Waals surface area contributed by atoms with Gasteiger partial charge in [0, 0.05) is 5.39 Å². The fourth-order valence-corrected chi connectivity index (χ4v) is 2.41. The Morgan fingerprint density at radius 1 is 1.67 bits per heavy atom. The molecule has 0 spiro atoms. The van der Waals surface area contributed by atoms with Crippen molar-refractivity contribution in [3.63, 3.8) is 0 Å². The van der Waals surface area contributed by atoms with Crippen LogP contribution in [0.4, 0.5) is 0 Å². The molecule has 62 valence electrons. The average Bonchev–Trinajstić information content (AvgIpc) is 2.50. The highest BCUT2D eigenvalue weighted by molar-refractivity contribution is 7.98. The third kappa shape index (κ3) is 1.15. The number of aromatic amines is 1. The van der Waals surface area contributed by atoms with Crippen LogP contribution >= 0.6 is 23.1 Å². The number of hydrogen-bond donors (Lipinski definition) is 1. The molecule has 0 saturated carbocycles. The van der Waals surface area contributed by atoms with Crippen LogP contribution in [0.15, 0.2) is 21.3 Å². The number of fused-ring (bicyclic) bond motifs is 1. The van der Waals surface area contributed by atoms with Gasteiger partial charge in [0.05, 0.1) is 0 Å². The third-order valence-electron chi connectivity index (χ3n) is 1.51. The van der Waals surface area contributed by atoms with Gasteiger partial charge in [0.2, 0.25) is 0 Å². The molecule has 0 radical (unpaired) electrons. The monoisotopic (exact) mass is 198 g/mol. The number of hydrogen-bond acceptors (Lipinski definition) is 4. The average molecular weight is 198 g/mol. The van der Waals surface area contributed by atoms with E-state index in [1.54, 1.807) is 0 Å². The van der Waals surface area contributed by atoms with Gasteiger partial charge in [-0.1, -0.05) is 0 Å². The first-order chi connectivity index (χ1) is 5.81. The Morgan fingerprint density at radius 3 is 3.25 bits per heavy atom. The van der Waals surface area contributed by atoms with Crippen LogP contribution < -0.4 is 5.69 Å². The number of rotatable bonds is 1. The molecule has 12 heavy (non-hydrogen) atoms. The lowest BCUT2D eigenvalue weighted by Gasteiger charge is -1.94. The van der Waals surface area contributed by atoms with Crippen LogP contribution in [0.25, 0.3) is 10.2 Å². The zero-order valence-electron chi connectivity index (χ0n) is 6.33. The molecular formula is C7H6N2OS2. The van der Waals surface area contributed by atoms with E-state index in [4.69, 9.17) is 0 Å². The third-order valence-corrected chi connectivity index (χ3v) is 3.04. The summed E-state index contributed by atoms with van der Waals surface area (Å²) in [5.41, 5.74) is -0.269. The Balaban J connectivity index is 2.89. The number of nitrogens with zero attached hydrogens (tertiary/aromatic N) is 1. The van der Waals surface area contributed by atoms with Gasteiger partial charge in [0.25, 0.3) is 0 Å². The van der Waals surface area contributed by atoms with E-state index in [0.717, 1.165) is 15.2 Å². The Labute approximate surface area is 76.8 Å². The standard InChI is InChI=1S/C7H6N2OS2/c1-11-5-4-2-3-12-6(4)9-7(10)8-5/h2-3H,1H3,(H,8,9,10). The molecule has 1 N–H and O–H groups in total. The maximum Gasteiger partial charge on any atom is 0.347 e. The van der Waals surface area contributed by atoms with E-state index in [2.05, 4.69) is 9.97 Å². The Kier molecular flexibility index (Phi) is 1.90. The topological polar surface area (TPSA) is 45.8 Å². The van der Waals surface area contributed by atoms with E-state index < -0.39 is 0 Å². The van der Waals surface area contributed by atoms with Crippen LogP contribution in [0.3, 0.4) is 0 Å². The summed E-state index contributed by atoms with van der Waals surface area (Å²) in [4.78, 5) is 18.4. The first-order valence-corrected chi connectivity index (χ1v) is 5.43. The maximum absolute atomic E-state index is 11.0. The Hall–Kier alpha value is -0.810. The second-order valence-electron chi connectivity index (χ2n) is 2.21. The lowest BCUT2D eigenvalue weighted by molar-refractivity contribution is 1.03. The highest BCUT2D eigenvalue weighted by atomic mass is 32.2. The van der Waals surface area contributed by atoms with Crippen LogP contribution in [0.1, 0.15) is 0 Å². The van der Waals surface area contributed by atoms with Crippen molar-refractivity contribution in [1.82, 2.24) is 9.97 Å². The summed E-state index contributed by atoms with van der Waals surface area (Å²) in [7, 11) is 0. The van der Waals surface area contributed by atoms with Gasteiger partial charge >= 0.3 is 5.69 Å². The van der Waals surface area contributed by atoms with Gasteiger partial charge in [-0.05, 0) is 17.7 Å². The fourth-order valence-electron chi connectivity index (χ4n) is 1.01. The van der Waals surface area contributed by atoms with Crippen LogP contribution in [-0.2, 0) is 0 Å². The molecular weight excluding hydrogens is 192 g/mol.